The van der Waals surface area contributed by atoms with Crippen molar-refractivity contribution in [3.8, 4) is 5.75 Å². The zero-order valence-electron chi connectivity index (χ0n) is 24.6. The number of benzene rings is 3. The molecule has 0 radical (unpaired) electrons. The number of anilines is 2. The summed E-state index contributed by atoms with van der Waals surface area (Å²) in [4.78, 5) is 15.0. The first-order valence-corrected chi connectivity index (χ1v) is 14.5. The normalized spacial score (nSPS) is 14.2. The minimum atomic E-state index is -4.69. The Balaban J connectivity index is 1.61. The summed E-state index contributed by atoms with van der Waals surface area (Å²) in [5, 5.41) is 6.46. The Bertz CT molecular complexity index is 1430. The van der Waals surface area contributed by atoms with Gasteiger partial charge >= 0.3 is 6.18 Å². The molecule has 0 spiro atoms. The van der Waals surface area contributed by atoms with E-state index in [-0.39, 0.29) is 18.3 Å². The molecule has 4 N–H and O–H groups in total. The summed E-state index contributed by atoms with van der Waals surface area (Å²) in [5.74, 6) is 0.733. The molecule has 1 fully saturated rings. The molecule has 0 saturated heterocycles. The van der Waals surface area contributed by atoms with Gasteiger partial charge in [-0.3, -0.25) is 4.79 Å². The van der Waals surface area contributed by atoms with E-state index < -0.39 is 17.7 Å². The van der Waals surface area contributed by atoms with E-state index in [1.807, 2.05) is 42.5 Å². The summed E-state index contributed by atoms with van der Waals surface area (Å²) in [6, 6.07) is 22.1. The van der Waals surface area contributed by atoms with Crippen LogP contribution in [0.15, 0.2) is 96.7 Å². The Morgan fingerprint density at radius 1 is 1.09 bits per heavy atom. The topological polar surface area (TPSA) is 79.6 Å². The number of hydrogen-bond acceptors (Lipinski definition) is 5. The molecule has 0 aliphatic heterocycles. The van der Waals surface area contributed by atoms with Crippen molar-refractivity contribution in [1.82, 2.24) is 5.32 Å². The van der Waals surface area contributed by atoms with Gasteiger partial charge in [-0.05, 0) is 90.9 Å². The second kappa shape index (κ2) is 14.4. The first kappa shape index (κ1) is 31.8. The largest absolute Gasteiger partial charge is 0.494 e. The maximum Gasteiger partial charge on any atom is 0.415 e. The van der Waals surface area contributed by atoms with Gasteiger partial charge in [0.05, 0.1) is 18.2 Å². The Morgan fingerprint density at radius 2 is 1.81 bits per heavy atom. The van der Waals surface area contributed by atoms with E-state index in [0.717, 1.165) is 41.5 Å². The lowest BCUT2D eigenvalue weighted by molar-refractivity contribution is -0.112. The van der Waals surface area contributed by atoms with Gasteiger partial charge in [-0.2, -0.15) is 13.2 Å². The van der Waals surface area contributed by atoms with Gasteiger partial charge in [-0.1, -0.05) is 49.9 Å². The van der Waals surface area contributed by atoms with Crippen LogP contribution < -0.4 is 26.0 Å². The molecule has 1 saturated carbocycles. The highest BCUT2D eigenvalue weighted by Gasteiger charge is 2.32. The lowest BCUT2D eigenvalue weighted by atomic mass is 9.97. The van der Waals surface area contributed by atoms with E-state index in [9.17, 15) is 18.0 Å². The molecule has 3 aromatic carbocycles. The van der Waals surface area contributed by atoms with Gasteiger partial charge < -0.3 is 26.0 Å². The minimum Gasteiger partial charge on any atom is -0.494 e. The van der Waals surface area contributed by atoms with Crippen molar-refractivity contribution in [3.05, 3.63) is 113 Å². The van der Waals surface area contributed by atoms with Gasteiger partial charge in [0.2, 0.25) is 0 Å². The predicted octanol–water partition coefficient (Wildman–Crippen LogP) is 7.10. The number of likely N-dealkylation sites (N-methyl/N-ethyl adjacent to an activating group) is 1. The maximum absolute atomic E-state index is 13.6. The Labute approximate surface area is 251 Å². The molecular weight excluding hydrogens is 553 g/mol. The van der Waals surface area contributed by atoms with E-state index in [1.165, 1.54) is 24.8 Å². The summed E-state index contributed by atoms with van der Waals surface area (Å²) in [6.45, 7) is 6.96. The van der Waals surface area contributed by atoms with Crippen molar-refractivity contribution < 1.29 is 22.7 Å². The number of allylic oxidation sites excluding steroid dienone is 2. The Kier molecular flexibility index (Phi) is 10.7. The van der Waals surface area contributed by atoms with Crippen molar-refractivity contribution in [1.29, 1.82) is 0 Å². The SMILES string of the molecule is C=C(/C=C(/C(=O)Nc1cccc(C(NCC2CC2)c2ccc(OCCC)cc2)c1)N(C)c1cccc(CN)c1)C(F)(F)F. The van der Waals surface area contributed by atoms with E-state index in [2.05, 4.69) is 24.1 Å². The average molecular weight is 593 g/mol. The van der Waals surface area contributed by atoms with Crippen LogP contribution in [0.5, 0.6) is 5.75 Å². The molecule has 0 aromatic heterocycles. The van der Waals surface area contributed by atoms with E-state index >= 15 is 0 Å². The summed E-state index contributed by atoms with van der Waals surface area (Å²) >= 11 is 0. The van der Waals surface area contributed by atoms with Gasteiger partial charge in [-0.25, -0.2) is 0 Å². The van der Waals surface area contributed by atoms with Crippen LogP contribution in [0, 0.1) is 5.92 Å². The lowest BCUT2D eigenvalue weighted by Gasteiger charge is -2.24. The molecule has 43 heavy (non-hydrogen) atoms. The molecule has 1 aliphatic rings. The van der Waals surface area contributed by atoms with Crippen LogP contribution >= 0.6 is 0 Å². The standard InChI is InChI=1S/C34H39F3N4O2/c1-4-17-43-30-15-13-26(14-16-30)32(39-22-24-11-12-24)27-8-6-9-28(20-27)40-33(42)31(18-23(2)34(35,36)37)41(3)29-10-5-7-25(19-29)21-38/h5-10,13-16,18-20,24,32,39H,2,4,11-12,17,21-22,38H2,1,3H3,(H,40,42)/b31-18-. The molecule has 3 aromatic rings. The molecule has 1 amide bonds. The molecular formula is C34H39F3N4O2. The number of amides is 1. The van der Waals surface area contributed by atoms with Crippen LogP contribution in [-0.2, 0) is 11.3 Å². The number of rotatable bonds is 14. The lowest BCUT2D eigenvalue weighted by Crippen LogP contribution is -2.29. The summed E-state index contributed by atoms with van der Waals surface area (Å²) in [6.07, 6.45) is -0.623. The Hall–Kier alpha value is -4.08. The first-order chi connectivity index (χ1) is 20.6. The van der Waals surface area contributed by atoms with Gasteiger partial charge in [0.15, 0.2) is 0 Å². The van der Waals surface area contributed by atoms with E-state index in [1.54, 1.807) is 30.3 Å². The highest BCUT2D eigenvalue weighted by molar-refractivity contribution is 6.06. The smallest absolute Gasteiger partial charge is 0.415 e. The summed E-state index contributed by atoms with van der Waals surface area (Å²) in [7, 11) is 1.53. The fourth-order valence-electron chi connectivity index (χ4n) is 4.59. The zero-order chi connectivity index (χ0) is 31.0. The van der Waals surface area contributed by atoms with Crippen molar-refractivity contribution >= 4 is 17.3 Å². The molecule has 228 valence electrons. The molecule has 9 heteroatoms. The van der Waals surface area contributed by atoms with E-state index in [4.69, 9.17) is 10.5 Å². The van der Waals surface area contributed by atoms with Crippen LogP contribution in [0.2, 0.25) is 0 Å². The minimum absolute atomic E-state index is 0.153. The van der Waals surface area contributed by atoms with Crippen molar-refractivity contribution in [2.75, 3.05) is 30.4 Å². The molecule has 0 bridgehead atoms. The van der Waals surface area contributed by atoms with Crippen LogP contribution in [0.3, 0.4) is 0 Å². The Morgan fingerprint density at radius 3 is 2.47 bits per heavy atom. The van der Waals surface area contributed by atoms with Crippen molar-refractivity contribution in [3.63, 3.8) is 0 Å². The number of nitrogens with one attached hydrogen (secondary N) is 2. The number of nitrogens with two attached hydrogens (primary N) is 1. The highest BCUT2D eigenvalue weighted by Crippen LogP contribution is 2.32. The van der Waals surface area contributed by atoms with Crippen molar-refractivity contribution in [2.24, 2.45) is 11.7 Å². The molecule has 1 unspecified atom stereocenters. The fourth-order valence-corrected chi connectivity index (χ4v) is 4.59. The van der Waals surface area contributed by atoms with Crippen LogP contribution in [0.25, 0.3) is 0 Å². The third-order valence-corrected chi connectivity index (χ3v) is 7.27. The highest BCUT2D eigenvalue weighted by atomic mass is 19.4. The van der Waals surface area contributed by atoms with Crippen LogP contribution in [-0.4, -0.2) is 32.3 Å². The first-order valence-electron chi connectivity index (χ1n) is 14.5. The molecule has 0 heterocycles. The second-order valence-corrected chi connectivity index (χ2v) is 10.8. The third kappa shape index (κ3) is 8.95. The van der Waals surface area contributed by atoms with Gasteiger partial charge in [0.1, 0.15) is 11.4 Å². The number of hydrogen-bond donors (Lipinski definition) is 3. The van der Waals surface area contributed by atoms with Gasteiger partial charge in [0.25, 0.3) is 5.91 Å². The number of carbonyl (C=O) groups excluding carboxylic acids is 1. The van der Waals surface area contributed by atoms with Crippen LogP contribution in [0.4, 0.5) is 24.5 Å². The van der Waals surface area contributed by atoms with Crippen LogP contribution in [0.1, 0.15) is 48.9 Å². The average Bonchev–Trinajstić information content (AvgIpc) is 3.83. The number of nitrogens with zero attached hydrogens (tertiary/aromatic N) is 1. The molecule has 1 aliphatic carbocycles. The second-order valence-electron chi connectivity index (χ2n) is 10.8. The maximum atomic E-state index is 13.6. The number of alkyl halides is 3. The van der Waals surface area contributed by atoms with Crippen molar-refractivity contribution in [2.45, 2.75) is 44.9 Å². The zero-order valence-corrected chi connectivity index (χ0v) is 24.6. The molecule has 4 rings (SSSR count). The number of ether oxygens (including phenoxy) is 1. The third-order valence-electron chi connectivity index (χ3n) is 7.27. The molecule has 1 atom stereocenters. The predicted molar refractivity (Wildman–Crippen MR) is 166 cm³/mol. The summed E-state index contributed by atoms with van der Waals surface area (Å²) < 4.78 is 46.2. The summed E-state index contributed by atoms with van der Waals surface area (Å²) in [5.41, 5.74) is 8.11. The monoisotopic (exact) mass is 592 g/mol. The van der Waals surface area contributed by atoms with Gasteiger partial charge in [-0.15, -0.1) is 0 Å². The van der Waals surface area contributed by atoms with Gasteiger partial charge in [0, 0.05) is 25.0 Å². The number of carbonyl (C=O) groups is 1. The van der Waals surface area contributed by atoms with E-state index in [0.29, 0.717) is 23.9 Å². The quantitative estimate of drug-likeness (QED) is 0.137. The fraction of sp³-hybridized carbons (Fsp3) is 0.324. The number of halogens is 3. The molecule has 6 nitrogen and oxygen atoms in total.